The third-order valence-electron chi connectivity index (χ3n) is 9.52. The fourth-order valence-electron chi connectivity index (χ4n) is 7.13. The first-order valence-corrected chi connectivity index (χ1v) is 15.7. The predicted molar refractivity (Wildman–Crippen MR) is 175 cm³/mol. The molecular formula is C37H40N2O7. The van der Waals surface area contributed by atoms with E-state index in [9.17, 15) is 5.11 Å². The molecule has 0 amide bonds. The summed E-state index contributed by atoms with van der Waals surface area (Å²) in [6, 6.07) is 18.4. The van der Waals surface area contributed by atoms with Crippen LogP contribution in [0.3, 0.4) is 0 Å². The molecule has 2 atom stereocenters. The van der Waals surface area contributed by atoms with Crippen molar-refractivity contribution in [1.82, 2.24) is 10.2 Å². The molecule has 46 heavy (non-hydrogen) atoms. The lowest BCUT2D eigenvalue weighted by Gasteiger charge is -2.37. The third-order valence-corrected chi connectivity index (χ3v) is 9.52. The summed E-state index contributed by atoms with van der Waals surface area (Å²) in [6.45, 7) is 1.60. The monoisotopic (exact) mass is 624 g/mol. The number of methoxy groups -OCH3 is 4. The first-order chi connectivity index (χ1) is 22.4. The maximum absolute atomic E-state index is 11.5. The van der Waals surface area contributed by atoms with Crippen molar-refractivity contribution in [2.24, 2.45) is 0 Å². The number of nitrogens with zero attached hydrogens (tertiary/aromatic N) is 1. The van der Waals surface area contributed by atoms with Gasteiger partial charge in [-0.1, -0.05) is 18.2 Å². The van der Waals surface area contributed by atoms with E-state index in [1.165, 1.54) is 18.2 Å². The van der Waals surface area contributed by atoms with Crippen molar-refractivity contribution in [3.05, 3.63) is 88.0 Å². The molecule has 0 aromatic heterocycles. The van der Waals surface area contributed by atoms with Crippen molar-refractivity contribution in [3.63, 3.8) is 0 Å². The van der Waals surface area contributed by atoms with Crippen LogP contribution in [0.25, 0.3) is 0 Å². The summed E-state index contributed by atoms with van der Waals surface area (Å²) >= 11 is 0. The number of likely N-dealkylation sites (N-methyl/N-ethyl adjacent to an activating group) is 1. The highest BCUT2D eigenvalue weighted by Gasteiger charge is 2.37. The molecular weight excluding hydrogens is 584 g/mol. The number of benzene rings is 4. The van der Waals surface area contributed by atoms with Gasteiger partial charge in [-0.3, -0.25) is 4.90 Å². The van der Waals surface area contributed by atoms with Gasteiger partial charge in [-0.05, 0) is 97.9 Å². The van der Waals surface area contributed by atoms with Gasteiger partial charge < -0.3 is 38.8 Å². The molecule has 4 aromatic carbocycles. The van der Waals surface area contributed by atoms with Gasteiger partial charge in [-0.25, -0.2) is 0 Å². The van der Waals surface area contributed by atoms with Crippen molar-refractivity contribution >= 4 is 0 Å². The zero-order chi connectivity index (χ0) is 31.9. The highest BCUT2D eigenvalue weighted by atomic mass is 16.5. The molecule has 9 nitrogen and oxygen atoms in total. The van der Waals surface area contributed by atoms with Crippen LogP contribution >= 0.6 is 0 Å². The normalized spacial score (nSPS) is 18.7. The van der Waals surface area contributed by atoms with E-state index in [0.717, 1.165) is 53.9 Å². The summed E-state index contributed by atoms with van der Waals surface area (Å²) in [5, 5.41) is 15.3. The minimum Gasteiger partial charge on any atom is -0.504 e. The standard InChI is InChI=1S/C37H40N2O7/c1-39-15-13-25-33-28(39)17-22-8-11-29(41-2)31(18-22)45-24-9-6-21(7-10-24)16-27-26-20-32(30(42-3)19-23(26)12-14-38-27)46-35(33)37(44-5)36(43-4)34(25)40/h6-11,18-20,27-28,38,40H,12-17H2,1-5H3/t27-,28-/m0/s1. The Morgan fingerprint density at radius 2 is 1.52 bits per heavy atom. The van der Waals surface area contributed by atoms with Crippen LogP contribution in [0.2, 0.25) is 0 Å². The van der Waals surface area contributed by atoms with Crippen LogP contribution in [-0.4, -0.2) is 58.6 Å². The number of nitrogens with one attached hydrogen (secondary N) is 1. The van der Waals surface area contributed by atoms with E-state index in [2.05, 4.69) is 47.6 Å². The first-order valence-electron chi connectivity index (χ1n) is 15.7. The molecule has 240 valence electrons. The van der Waals surface area contributed by atoms with E-state index in [-0.39, 0.29) is 23.6 Å². The Morgan fingerprint density at radius 1 is 0.783 bits per heavy atom. The van der Waals surface area contributed by atoms with Gasteiger partial charge in [0.15, 0.2) is 34.5 Å². The van der Waals surface area contributed by atoms with E-state index >= 15 is 0 Å². The predicted octanol–water partition coefficient (Wildman–Crippen LogP) is 6.53. The molecule has 0 spiro atoms. The number of phenols is 1. The summed E-state index contributed by atoms with van der Waals surface area (Å²) in [7, 11) is 8.51. The van der Waals surface area contributed by atoms with Crippen LogP contribution in [0.1, 0.15) is 45.5 Å². The Morgan fingerprint density at radius 3 is 2.26 bits per heavy atom. The summed E-state index contributed by atoms with van der Waals surface area (Å²) in [6.07, 6.45) is 2.90. The largest absolute Gasteiger partial charge is 0.504 e. The molecule has 0 saturated carbocycles. The van der Waals surface area contributed by atoms with Gasteiger partial charge in [0.25, 0.3) is 0 Å². The molecule has 0 aliphatic carbocycles. The molecule has 0 saturated heterocycles. The van der Waals surface area contributed by atoms with Crippen LogP contribution in [0, 0.1) is 0 Å². The Labute approximate surface area is 269 Å². The van der Waals surface area contributed by atoms with Crippen molar-refractivity contribution in [2.45, 2.75) is 37.8 Å². The van der Waals surface area contributed by atoms with Crippen molar-refractivity contribution in [2.75, 3.05) is 48.6 Å². The summed E-state index contributed by atoms with van der Waals surface area (Å²) in [5.41, 5.74) is 6.25. The summed E-state index contributed by atoms with van der Waals surface area (Å²) < 4.78 is 36.6. The molecule has 8 rings (SSSR count). The number of aromatic hydroxyl groups is 1. The molecule has 4 aliphatic rings. The zero-order valence-corrected chi connectivity index (χ0v) is 26.9. The molecule has 0 radical (unpaired) electrons. The molecule has 9 heteroatoms. The van der Waals surface area contributed by atoms with Gasteiger partial charge in [-0.15, -0.1) is 0 Å². The van der Waals surface area contributed by atoms with E-state index in [4.69, 9.17) is 28.4 Å². The Balaban J connectivity index is 1.48. The molecule has 2 N–H and O–H groups in total. The van der Waals surface area contributed by atoms with Gasteiger partial charge in [-0.2, -0.15) is 0 Å². The molecule has 4 aromatic rings. The molecule has 0 unspecified atom stereocenters. The summed E-state index contributed by atoms with van der Waals surface area (Å²) in [4.78, 5) is 2.28. The minimum atomic E-state index is -0.165. The van der Waals surface area contributed by atoms with Crippen LogP contribution in [0.4, 0.5) is 0 Å². The second-order valence-electron chi connectivity index (χ2n) is 12.1. The lowest BCUT2D eigenvalue weighted by molar-refractivity contribution is 0.217. The molecule has 6 bridgehead atoms. The van der Waals surface area contributed by atoms with Crippen LogP contribution in [0.5, 0.6) is 51.7 Å². The quantitative estimate of drug-likeness (QED) is 0.263. The fraction of sp³-hybridized carbons (Fsp3) is 0.351. The summed E-state index contributed by atoms with van der Waals surface area (Å²) in [5.74, 6) is 4.40. The van der Waals surface area contributed by atoms with Gasteiger partial charge in [0.2, 0.25) is 11.5 Å². The number of hydrogen-bond acceptors (Lipinski definition) is 9. The van der Waals surface area contributed by atoms with E-state index in [1.807, 2.05) is 24.3 Å². The average molecular weight is 625 g/mol. The lowest BCUT2D eigenvalue weighted by atomic mass is 9.86. The second-order valence-corrected chi connectivity index (χ2v) is 12.1. The maximum Gasteiger partial charge on any atom is 0.208 e. The van der Waals surface area contributed by atoms with Gasteiger partial charge >= 0.3 is 0 Å². The molecule has 4 heterocycles. The van der Waals surface area contributed by atoms with E-state index in [1.54, 1.807) is 21.3 Å². The topological polar surface area (TPSA) is 90.9 Å². The van der Waals surface area contributed by atoms with Gasteiger partial charge in [0.05, 0.1) is 28.4 Å². The SMILES string of the molecule is COc1ccc2cc1Oc1ccc(cc1)C[C@@H]1NCCc3cc(OC)c(cc31)Oc1c(OC)c(OC)c(O)c3c1[C@H](C2)N(C)CC3. The Kier molecular flexibility index (Phi) is 8.04. The second kappa shape index (κ2) is 12.3. The van der Waals surface area contributed by atoms with Gasteiger partial charge in [0, 0.05) is 29.8 Å². The number of hydrogen-bond donors (Lipinski definition) is 2. The molecule has 0 fully saturated rings. The van der Waals surface area contributed by atoms with Crippen molar-refractivity contribution in [3.8, 4) is 51.7 Å². The fourth-order valence-corrected chi connectivity index (χ4v) is 7.13. The maximum atomic E-state index is 11.5. The van der Waals surface area contributed by atoms with Crippen LogP contribution in [-0.2, 0) is 25.7 Å². The van der Waals surface area contributed by atoms with E-state index in [0.29, 0.717) is 47.3 Å². The van der Waals surface area contributed by atoms with Crippen molar-refractivity contribution < 1.29 is 33.5 Å². The van der Waals surface area contributed by atoms with Crippen LogP contribution in [0.15, 0.2) is 54.6 Å². The number of phenolic OH excluding ortho intramolecular Hbond substituents is 1. The average Bonchev–Trinajstić information content (AvgIpc) is 3.07. The first kappa shape index (κ1) is 30.1. The number of rotatable bonds is 4. The smallest absolute Gasteiger partial charge is 0.208 e. The Hall–Kier alpha value is -4.60. The van der Waals surface area contributed by atoms with Crippen molar-refractivity contribution in [1.29, 1.82) is 0 Å². The molecule has 4 aliphatic heterocycles. The number of fused-ring (bicyclic) bond motifs is 2. The third kappa shape index (κ3) is 5.23. The minimum absolute atomic E-state index is 0.0727. The number of ether oxygens (including phenoxy) is 6. The van der Waals surface area contributed by atoms with Gasteiger partial charge in [0.1, 0.15) is 5.75 Å². The lowest BCUT2D eigenvalue weighted by Crippen LogP contribution is -2.34. The highest BCUT2D eigenvalue weighted by Crippen LogP contribution is 2.56. The highest BCUT2D eigenvalue weighted by molar-refractivity contribution is 5.69. The van der Waals surface area contributed by atoms with E-state index < -0.39 is 0 Å². The zero-order valence-electron chi connectivity index (χ0n) is 26.9. The Bertz CT molecular complexity index is 1770. The van der Waals surface area contributed by atoms with Crippen LogP contribution < -0.4 is 33.7 Å².